The molecule has 6 heteroatoms. The summed E-state index contributed by atoms with van der Waals surface area (Å²) in [4.78, 5) is 1.09. The van der Waals surface area contributed by atoms with E-state index in [0.717, 1.165) is 9.18 Å². The van der Waals surface area contributed by atoms with Gasteiger partial charge in [0.2, 0.25) is 10.0 Å². The van der Waals surface area contributed by atoms with Crippen molar-refractivity contribution in [1.82, 2.24) is 4.31 Å². The molecule has 2 N–H and O–H groups in total. The van der Waals surface area contributed by atoms with Crippen LogP contribution < -0.4 is 5.73 Å². The van der Waals surface area contributed by atoms with E-state index in [0.29, 0.717) is 6.54 Å². The van der Waals surface area contributed by atoms with Gasteiger partial charge in [-0.3, -0.25) is 0 Å². The maximum absolute atomic E-state index is 11.8. The Balaban J connectivity index is 3.01. The van der Waals surface area contributed by atoms with Crippen molar-refractivity contribution >= 4 is 21.4 Å². The lowest BCUT2D eigenvalue weighted by atomic mass is 10.5. The molecular weight excluding hydrogens is 232 g/mol. The van der Waals surface area contributed by atoms with E-state index in [9.17, 15) is 8.42 Å². The summed E-state index contributed by atoms with van der Waals surface area (Å²) < 4.78 is 24.8. The van der Waals surface area contributed by atoms with E-state index in [-0.39, 0.29) is 11.4 Å². The van der Waals surface area contributed by atoms with Gasteiger partial charge >= 0.3 is 0 Å². The SMILES string of the molecule is C#CCN(C)S(=O)(=O)c1csc(CN)c1. The molecule has 1 aromatic heterocycles. The average Bonchev–Trinajstić information content (AvgIpc) is 2.66. The van der Waals surface area contributed by atoms with E-state index >= 15 is 0 Å². The molecule has 0 amide bonds. The van der Waals surface area contributed by atoms with Crippen LogP contribution in [0.1, 0.15) is 4.88 Å². The first kappa shape index (κ1) is 12.2. The van der Waals surface area contributed by atoms with Crippen LogP contribution in [0, 0.1) is 12.3 Å². The quantitative estimate of drug-likeness (QED) is 0.783. The zero-order valence-corrected chi connectivity index (χ0v) is 9.94. The van der Waals surface area contributed by atoms with Gasteiger partial charge in [0.25, 0.3) is 0 Å². The van der Waals surface area contributed by atoms with Gasteiger partial charge in [0.05, 0.1) is 11.4 Å². The Labute approximate surface area is 93.8 Å². The Morgan fingerprint density at radius 1 is 1.67 bits per heavy atom. The van der Waals surface area contributed by atoms with E-state index in [1.165, 1.54) is 18.4 Å². The summed E-state index contributed by atoms with van der Waals surface area (Å²) >= 11 is 1.33. The fraction of sp³-hybridized carbons (Fsp3) is 0.333. The molecule has 0 radical (unpaired) electrons. The molecule has 0 fully saturated rings. The number of nitrogens with zero attached hydrogens (tertiary/aromatic N) is 1. The summed E-state index contributed by atoms with van der Waals surface area (Å²) in [5, 5.41) is 1.57. The molecule has 0 bridgehead atoms. The lowest BCUT2D eigenvalue weighted by molar-refractivity contribution is 0.503. The highest BCUT2D eigenvalue weighted by Crippen LogP contribution is 2.21. The molecule has 4 nitrogen and oxygen atoms in total. The molecule has 0 spiro atoms. The van der Waals surface area contributed by atoms with Gasteiger partial charge in [0.15, 0.2) is 0 Å². The van der Waals surface area contributed by atoms with Crippen molar-refractivity contribution in [2.24, 2.45) is 5.73 Å². The monoisotopic (exact) mass is 244 g/mol. The zero-order valence-electron chi connectivity index (χ0n) is 8.30. The molecule has 0 atom stereocenters. The molecule has 0 saturated carbocycles. The van der Waals surface area contributed by atoms with Crippen LogP contribution in [0.25, 0.3) is 0 Å². The Morgan fingerprint density at radius 2 is 2.33 bits per heavy atom. The molecule has 1 rings (SSSR count). The number of nitrogens with two attached hydrogens (primary N) is 1. The van der Waals surface area contributed by atoms with Gasteiger partial charge in [-0.25, -0.2) is 8.42 Å². The fourth-order valence-corrected chi connectivity index (χ4v) is 3.22. The van der Waals surface area contributed by atoms with Gasteiger partial charge < -0.3 is 5.73 Å². The van der Waals surface area contributed by atoms with E-state index < -0.39 is 10.0 Å². The second-order valence-electron chi connectivity index (χ2n) is 2.92. The molecule has 0 unspecified atom stereocenters. The molecule has 82 valence electrons. The molecule has 0 aliphatic rings. The largest absolute Gasteiger partial charge is 0.326 e. The third-order valence-electron chi connectivity index (χ3n) is 1.85. The molecule has 0 aliphatic carbocycles. The predicted molar refractivity (Wildman–Crippen MR) is 60.9 cm³/mol. The Bertz CT molecular complexity index is 471. The van der Waals surface area contributed by atoms with Crippen molar-refractivity contribution in [1.29, 1.82) is 0 Å². The maximum Gasteiger partial charge on any atom is 0.244 e. The third-order valence-corrected chi connectivity index (χ3v) is 4.74. The van der Waals surface area contributed by atoms with Crippen LogP contribution in [0.4, 0.5) is 0 Å². The highest BCUT2D eigenvalue weighted by Gasteiger charge is 2.20. The highest BCUT2D eigenvalue weighted by atomic mass is 32.2. The lowest BCUT2D eigenvalue weighted by Gasteiger charge is -2.12. The molecule has 0 aliphatic heterocycles. The first-order chi connectivity index (χ1) is 7.02. The van der Waals surface area contributed by atoms with Crippen LogP contribution in [0.3, 0.4) is 0 Å². The summed E-state index contributed by atoms with van der Waals surface area (Å²) in [6.07, 6.45) is 5.06. The first-order valence-corrected chi connectivity index (χ1v) is 6.51. The third kappa shape index (κ3) is 2.58. The van der Waals surface area contributed by atoms with Crippen LogP contribution in [0.2, 0.25) is 0 Å². The van der Waals surface area contributed by atoms with Crippen LogP contribution in [-0.4, -0.2) is 26.3 Å². The number of sulfonamides is 1. The van der Waals surface area contributed by atoms with Gasteiger partial charge in [-0.2, -0.15) is 4.31 Å². The molecule has 15 heavy (non-hydrogen) atoms. The van der Waals surface area contributed by atoms with Gasteiger partial charge in [0.1, 0.15) is 0 Å². The Kier molecular flexibility index (Phi) is 3.88. The summed E-state index contributed by atoms with van der Waals surface area (Å²) in [6.45, 7) is 0.412. The predicted octanol–water partition coefficient (Wildman–Crippen LogP) is 0.461. The number of thiophene rings is 1. The van der Waals surface area contributed by atoms with Gasteiger partial charge in [-0.1, -0.05) is 5.92 Å². The van der Waals surface area contributed by atoms with E-state index in [1.54, 1.807) is 11.4 Å². The van der Waals surface area contributed by atoms with Crippen LogP contribution in [0.5, 0.6) is 0 Å². The van der Waals surface area contributed by atoms with Crippen molar-refractivity contribution in [2.75, 3.05) is 13.6 Å². The van der Waals surface area contributed by atoms with Crippen molar-refractivity contribution in [2.45, 2.75) is 11.4 Å². The molecule has 0 aromatic carbocycles. The molecule has 0 saturated heterocycles. The minimum absolute atomic E-state index is 0.0656. The summed E-state index contributed by atoms with van der Waals surface area (Å²) in [5.41, 5.74) is 5.41. The van der Waals surface area contributed by atoms with E-state index in [4.69, 9.17) is 12.2 Å². The van der Waals surface area contributed by atoms with Gasteiger partial charge in [0, 0.05) is 23.8 Å². The standard InChI is InChI=1S/C9H12N2O2S2/c1-3-4-11(2)15(12,13)9-5-8(6-10)14-7-9/h1,5,7H,4,6,10H2,2H3. The van der Waals surface area contributed by atoms with E-state index in [1.807, 2.05) is 0 Å². The normalized spacial score (nSPS) is 11.6. The van der Waals surface area contributed by atoms with Crippen LogP contribution >= 0.6 is 11.3 Å². The Hall–Kier alpha value is -0.870. The van der Waals surface area contributed by atoms with Gasteiger partial charge in [-0.05, 0) is 6.07 Å². The highest BCUT2D eigenvalue weighted by molar-refractivity contribution is 7.89. The molecule has 1 heterocycles. The smallest absolute Gasteiger partial charge is 0.244 e. The minimum atomic E-state index is -3.44. The second-order valence-corrected chi connectivity index (χ2v) is 5.96. The van der Waals surface area contributed by atoms with Crippen molar-refractivity contribution < 1.29 is 8.42 Å². The number of hydrogen-bond donors (Lipinski definition) is 1. The Morgan fingerprint density at radius 3 is 2.80 bits per heavy atom. The zero-order chi connectivity index (χ0) is 11.5. The van der Waals surface area contributed by atoms with Crippen LogP contribution in [0.15, 0.2) is 16.3 Å². The fourth-order valence-electron chi connectivity index (χ4n) is 0.996. The van der Waals surface area contributed by atoms with Crippen molar-refractivity contribution in [3.05, 3.63) is 16.3 Å². The van der Waals surface area contributed by atoms with E-state index in [2.05, 4.69) is 5.92 Å². The summed E-state index contributed by atoms with van der Waals surface area (Å²) in [6, 6.07) is 1.58. The molecule has 1 aromatic rings. The summed E-state index contributed by atoms with van der Waals surface area (Å²) in [7, 11) is -1.99. The lowest BCUT2D eigenvalue weighted by Crippen LogP contribution is -2.26. The van der Waals surface area contributed by atoms with Crippen LogP contribution in [-0.2, 0) is 16.6 Å². The average molecular weight is 244 g/mol. The number of terminal acetylenes is 1. The number of rotatable bonds is 4. The van der Waals surface area contributed by atoms with Crippen molar-refractivity contribution in [3.8, 4) is 12.3 Å². The first-order valence-electron chi connectivity index (χ1n) is 4.19. The second kappa shape index (κ2) is 4.77. The summed E-state index contributed by atoms with van der Waals surface area (Å²) in [5.74, 6) is 2.29. The van der Waals surface area contributed by atoms with Gasteiger partial charge in [-0.15, -0.1) is 17.8 Å². The maximum atomic E-state index is 11.8. The topological polar surface area (TPSA) is 63.4 Å². The van der Waals surface area contributed by atoms with Crippen molar-refractivity contribution in [3.63, 3.8) is 0 Å². The molecular formula is C9H12N2O2S2. The minimum Gasteiger partial charge on any atom is -0.326 e. The number of hydrogen-bond acceptors (Lipinski definition) is 4.